The molecule has 1 heterocycles. The van der Waals surface area contributed by atoms with Crippen molar-refractivity contribution in [1.29, 1.82) is 5.26 Å². The van der Waals surface area contributed by atoms with Gasteiger partial charge in [-0.15, -0.1) is 0 Å². The monoisotopic (exact) mass is 292 g/mol. The maximum atomic E-state index is 9.53. The van der Waals surface area contributed by atoms with Crippen molar-refractivity contribution in [2.45, 2.75) is 25.7 Å². The smallest absolute Gasteiger partial charge is 0.0764 e. The fourth-order valence-corrected chi connectivity index (χ4v) is 2.83. The summed E-state index contributed by atoms with van der Waals surface area (Å²) in [7, 11) is 0. The van der Waals surface area contributed by atoms with Gasteiger partial charge in [-0.2, -0.15) is 5.26 Å². The van der Waals surface area contributed by atoms with Crippen LogP contribution in [0, 0.1) is 16.7 Å². The van der Waals surface area contributed by atoms with Crippen LogP contribution in [0.3, 0.4) is 0 Å². The Morgan fingerprint density at radius 1 is 1.41 bits per heavy atom. The molecule has 1 aliphatic rings. The molecule has 2 nitrogen and oxygen atoms in total. The molecule has 2 unspecified atom stereocenters. The van der Waals surface area contributed by atoms with Crippen LogP contribution in [0.2, 0.25) is 0 Å². The second-order valence-corrected chi connectivity index (χ2v) is 5.74. The molecule has 90 valence electrons. The highest BCUT2D eigenvalue weighted by Crippen LogP contribution is 2.40. The van der Waals surface area contributed by atoms with Crippen LogP contribution in [0.25, 0.3) is 0 Å². The van der Waals surface area contributed by atoms with Gasteiger partial charge in [-0.25, -0.2) is 0 Å². The van der Waals surface area contributed by atoms with E-state index in [1.165, 1.54) is 5.56 Å². The van der Waals surface area contributed by atoms with Gasteiger partial charge in [-0.1, -0.05) is 35.0 Å². The number of nitrogens with zero attached hydrogens (tertiary/aromatic N) is 1. The van der Waals surface area contributed by atoms with Crippen LogP contribution in [0.15, 0.2) is 28.7 Å². The highest BCUT2D eigenvalue weighted by atomic mass is 79.9. The molecule has 0 bridgehead atoms. The first-order valence-electron chi connectivity index (χ1n) is 6.05. The van der Waals surface area contributed by atoms with E-state index in [2.05, 4.69) is 46.4 Å². The van der Waals surface area contributed by atoms with Gasteiger partial charge in [0, 0.05) is 16.9 Å². The summed E-state index contributed by atoms with van der Waals surface area (Å²) in [5.41, 5.74) is 1.00. The number of nitriles is 1. The van der Waals surface area contributed by atoms with Crippen molar-refractivity contribution in [3.05, 3.63) is 34.3 Å². The van der Waals surface area contributed by atoms with Gasteiger partial charge in [0.25, 0.3) is 0 Å². The van der Waals surface area contributed by atoms with Crippen molar-refractivity contribution >= 4 is 15.9 Å². The third-order valence-electron chi connectivity index (χ3n) is 3.84. The molecule has 0 amide bonds. The van der Waals surface area contributed by atoms with Crippen molar-refractivity contribution in [2.75, 3.05) is 13.1 Å². The first-order valence-corrected chi connectivity index (χ1v) is 6.85. The number of hydrogen-bond donors (Lipinski definition) is 1. The molecule has 1 N–H and O–H groups in total. The molecular weight excluding hydrogens is 276 g/mol. The van der Waals surface area contributed by atoms with E-state index in [4.69, 9.17) is 0 Å². The highest BCUT2D eigenvalue weighted by Gasteiger charge is 2.38. The van der Waals surface area contributed by atoms with Crippen LogP contribution in [-0.2, 0) is 0 Å². The second-order valence-electron chi connectivity index (χ2n) is 4.82. The Labute approximate surface area is 111 Å². The van der Waals surface area contributed by atoms with E-state index in [1.807, 2.05) is 12.1 Å². The summed E-state index contributed by atoms with van der Waals surface area (Å²) in [6, 6.07) is 10.9. The molecule has 1 fully saturated rings. The van der Waals surface area contributed by atoms with Crippen LogP contribution in [0.4, 0.5) is 0 Å². The molecule has 0 aliphatic carbocycles. The summed E-state index contributed by atoms with van der Waals surface area (Å²) < 4.78 is 1.08. The van der Waals surface area contributed by atoms with Crippen molar-refractivity contribution in [3.63, 3.8) is 0 Å². The lowest BCUT2D eigenvalue weighted by molar-refractivity contribution is 0.245. The Balaban J connectivity index is 2.25. The molecule has 2 atom stereocenters. The molecule has 0 saturated carbocycles. The van der Waals surface area contributed by atoms with E-state index in [-0.39, 0.29) is 11.3 Å². The average Bonchev–Trinajstić information content (AvgIpc) is 2.39. The van der Waals surface area contributed by atoms with Gasteiger partial charge in [-0.05, 0) is 37.1 Å². The van der Waals surface area contributed by atoms with Crippen molar-refractivity contribution in [1.82, 2.24) is 5.32 Å². The summed E-state index contributed by atoms with van der Waals surface area (Å²) >= 11 is 3.44. The third-order valence-corrected chi connectivity index (χ3v) is 4.37. The number of nitrogens with one attached hydrogen (secondary N) is 1. The summed E-state index contributed by atoms with van der Waals surface area (Å²) in [4.78, 5) is 0. The predicted molar refractivity (Wildman–Crippen MR) is 72.7 cm³/mol. The fraction of sp³-hybridized carbons (Fsp3) is 0.500. The molecule has 3 heteroatoms. The van der Waals surface area contributed by atoms with Gasteiger partial charge >= 0.3 is 0 Å². The molecule has 1 aromatic rings. The lowest BCUT2D eigenvalue weighted by atomic mass is 9.69. The fourth-order valence-electron chi connectivity index (χ4n) is 2.56. The van der Waals surface area contributed by atoms with Crippen molar-refractivity contribution in [3.8, 4) is 6.07 Å². The van der Waals surface area contributed by atoms with Crippen LogP contribution in [-0.4, -0.2) is 13.1 Å². The van der Waals surface area contributed by atoms with Crippen LogP contribution >= 0.6 is 15.9 Å². The SMILES string of the molecule is CC(c1ccc(Br)cc1)C1(C#N)CCCNC1. The van der Waals surface area contributed by atoms with E-state index >= 15 is 0 Å². The zero-order chi connectivity index (χ0) is 12.3. The molecule has 0 aromatic heterocycles. The minimum Gasteiger partial charge on any atom is -0.315 e. The third kappa shape index (κ3) is 2.53. The van der Waals surface area contributed by atoms with Crippen molar-refractivity contribution < 1.29 is 0 Å². The Morgan fingerprint density at radius 2 is 2.12 bits per heavy atom. The number of benzene rings is 1. The number of hydrogen-bond acceptors (Lipinski definition) is 2. The Bertz CT molecular complexity index is 413. The minimum atomic E-state index is -0.244. The molecule has 17 heavy (non-hydrogen) atoms. The summed E-state index contributed by atoms with van der Waals surface area (Å²) in [6.07, 6.45) is 2.09. The maximum Gasteiger partial charge on any atom is 0.0764 e. The van der Waals surface area contributed by atoms with Gasteiger partial charge in [0.05, 0.1) is 11.5 Å². The lowest BCUT2D eigenvalue weighted by Gasteiger charge is -2.36. The van der Waals surface area contributed by atoms with Gasteiger partial charge in [0.1, 0.15) is 0 Å². The molecule has 1 aliphatic heterocycles. The summed E-state index contributed by atoms with van der Waals surface area (Å²) in [5, 5.41) is 12.9. The predicted octanol–water partition coefficient (Wildman–Crippen LogP) is 3.45. The van der Waals surface area contributed by atoms with Crippen LogP contribution < -0.4 is 5.32 Å². The minimum absolute atomic E-state index is 0.244. The van der Waals surface area contributed by atoms with Crippen molar-refractivity contribution in [2.24, 2.45) is 5.41 Å². The van der Waals surface area contributed by atoms with Gasteiger partial charge in [-0.3, -0.25) is 0 Å². The molecule has 0 radical (unpaired) electrons. The average molecular weight is 293 g/mol. The maximum absolute atomic E-state index is 9.53. The summed E-state index contributed by atoms with van der Waals surface area (Å²) in [6.45, 7) is 4.01. The summed E-state index contributed by atoms with van der Waals surface area (Å²) in [5.74, 6) is 0.272. The number of halogens is 1. The van der Waals surface area contributed by atoms with E-state index in [9.17, 15) is 5.26 Å². The lowest BCUT2D eigenvalue weighted by Crippen LogP contribution is -2.42. The van der Waals surface area contributed by atoms with E-state index in [0.29, 0.717) is 0 Å². The second kappa shape index (κ2) is 5.20. The Morgan fingerprint density at radius 3 is 2.65 bits per heavy atom. The van der Waals surface area contributed by atoms with E-state index < -0.39 is 0 Å². The highest BCUT2D eigenvalue weighted by molar-refractivity contribution is 9.10. The number of piperidine rings is 1. The van der Waals surface area contributed by atoms with E-state index in [1.54, 1.807) is 0 Å². The van der Waals surface area contributed by atoms with E-state index in [0.717, 1.165) is 30.4 Å². The van der Waals surface area contributed by atoms with Gasteiger partial charge < -0.3 is 5.32 Å². The topological polar surface area (TPSA) is 35.8 Å². The Hall–Kier alpha value is -0.850. The standard InChI is InChI=1S/C14H17BrN2/c1-11(12-3-5-13(15)6-4-12)14(9-16)7-2-8-17-10-14/h3-6,11,17H,2,7-8,10H2,1H3. The van der Waals surface area contributed by atoms with Gasteiger partial charge in [0.2, 0.25) is 0 Å². The number of rotatable bonds is 2. The molecule has 1 saturated heterocycles. The van der Waals surface area contributed by atoms with Gasteiger partial charge in [0.15, 0.2) is 0 Å². The van der Waals surface area contributed by atoms with Crippen LogP contribution in [0.5, 0.6) is 0 Å². The molecule has 1 aromatic carbocycles. The quantitative estimate of drug-likeness (QED) is 0.906. The first kappa shape index (κ1) is 12.6. The molecule has 2 rings (SSSR count). The largest absolute Gasteiger partial charge is 0.315 e. The zero-order valence-electron chi connectivity index (χ0n) is 10.0. The Kier molecular flexibility index (Phi) is 3.86. The molecule has 0 spiro atoms. The molecular formula is C14H17BrN2. The first-order chi connectivity index (χ1) is 8.18. The normalized spacial score (nSPS) is 26.2. The van der Waals surface area contributed by atoms with Crippen LogP contribution in [0.1, 0.15) is 31.2 Å². The zero-order valence-corrected chi connectivity index (χ0v) is 11.6.